The van der Waals surface area contributed by atoms with Crippen LogP contribution in [0.2, 0.25) is 5.02 Å². The van der Waals surface area contributed by atoms with Crippen molar-refractivity contribution in [2.24, 2.45) is 0 Å². The summed E-state index contributed by atoms with van der Waals surface area (Å²) in [6.07, 6.45) is 3.01. The first-order valence-corrected chi connectivity index (χ1v) is 23.2. The van der Waals surface area contributed by atoms with E-state index in [1.165, 1.54) is 17.7 Å². The molecule has 2 aliphatic heterocycles. The highest BCUT2D eigenvalue weighted by molar-refractivity contribution is 7.99. The van der Waals surface area contributed by atoms with Crippen molar-refractivity contribution in [2.45, 2.75) is 47.1 Å². The Kier molecular flexibility index (Phi) is 14.7. The number of morpholine rings is 1. The molecule has 5 aromatic rings. The van der Waals surface area contributed by atoms with E-state index < -0.39 is 26.5 Å². The minimum Gasteiger partial charge on any atom is -0.379 e. The molecule has 5 aromatic carbocycles. The number of methoxy groups -OCH3 is 1. The number of halogens is 1. The molecule has 1 atom stereocenters. The van der Waals surface area contributed by atoms with E-state index in [4.69, 9.17) is 21.1 Å². The minimum atomic E-state index is -4.46. The molecule has 0 aromatic heterocycles. The zero-order valence-corrected chi connectivity index (χ0v) is 36.4. The van der Waals surface area contributed by atoms with Gasteiger partial charge in [-0.3, -0.25) is 19.8 Å². The van der Waals surface area contributed by atoms with Gasteiger partial charge in [-0.05, 0) is 96.6 Å². The zero-order valence-electron chi connectivity index (χ0n) is 34.0. The molecule has 2 fully saturated rings. The van der Waals surface area contributed by atoms with Crippen LogP contribution < -0.4 is 14.9 Å². The van der Waals surface area contributed by atoms with Gasteiger partial charge in [0.15, 0.2) is 0 Å². The SMILES string of the molecule is COC1(Cc2ccccc2-c2ccc(Cl)cc2)CCN(c2ccc(C(=O)NS(=O)(=O)c3ccc(N[C@H](CCN4CCOCC4)CSc4ccccc4)c([N+](=O)[O-])c3)cc2)CC1. The first-order chi connectivity index (χ1) is 29.5. The number of hydrogen-bond acceptors (Lipinski definition) is 11. The fraction of sp³-hybridized carbons (Fsp3) is 0.326. The molecule has 61 heavy (non-hydrogen) atoms. The van der Waals surface area contributed by atoms with E-state index in [9.17, 15) is 23.3 Å². The molecule has 2 heterocycles. The number of thioether (sulfide) groups is 1. The average molecular weight is 885 g/mol. The van der Waals surface area contributed by atoms with E-state index >= 15 is 0 Å². The Morgan fingerprint density at radius 3 is 2.30 bits per heavy atom. The van der Waals surface area contributed by atoms with Crippen LogP contribution in [0, 0.1) is 10.1 Å². The average Bonchev–Trinajstić information content (AvgIpc) is 3.28. The molecule has 320 valence electrons. The van der Waals surface area contributed by atoms with Crippen molar-refractivity contribution in [1.29, 1.82) is 0 Å². The Morgan fingerprint density at radius 1 is 0.918 bits per heavy atom. The molecular formula is C46H50ClN5O7S2. The van der Waals surface area contributed by atoms with E-state index in [0.29, 0.717) is 30.4 Å². The minimum absolute atomic E-state index is 0.140. The smallest absolute Gasteiger partial charge is 0.293 e. The lowest BCUT2D eigenvalue weighted by atomic mass is 9.82. The maximum absolute atomic E-state index is 13.5. The van der Waals surface area contributed by atoms with Gasteiger partial charge in [-0.15, -0.1) is 11.8 Å². The highest BCUT2D eigenvalue weighted by Crippen LogP contribution is 2.36. The van der Waals surface area contributed by atoms with Crippen LogP contribution in [0.1, 0.15) is 35.2 Å². The Morgan fingerprint density at radius 2 is 1.61 bits per heavy atom. The van der Waals surface area contributed by atoms with Crippen molar-refractivity contribution < 1.29 is 27.6 Å². The summed E-state index contributed by atoms with van der Waals surface area (Å²) in [4.78, 5) is 30.2. The number of sulfonamides is 1. The number of nitro benzene ring substituents is 1. The molecule has 0 bridgehead atoms. The number of carbonyl (C=O) groups excluding carboxylic acids is 1. The second kappa shape index (κ2) is 20.3. The highest BCUT2D eigenvalue weighted by atomic mass is 35.5. The molecular weight excluding hydrogens is 834 g/mol. The fourth-order valence-corrected chi connectivity index (χ4v) is 9.98. The number of benzene rings is 5. The first kappa shape index (κ1) is 44.1. The van der Waals surface area contributed by atoms with Gasteiger partial charge < -0.3 is 19.7 Å². The van der Waals surface area contributed by atoms with E-state index in [-0.39, 0.29) is 27.8 Å². The van der Waals surface area contributed by atoms with E-state index in [0.717, 1.165) is 79.8 Å². The van der Waals surface area contributed by atoms with Gasteiger partial charge >= 0.3 is 0 Å². The molecule has 2 N–H and O–H groups in total. The largest absolute Gasteiger partial charge is 0.379 e. The van der Waals surface area contributed by atoms with E-state index in [2.05, 4.69) is 32.0 Å². The third kappa shape index (κ3) is 11.5. The van der Waals surface area contributed by atoms with Gasteiger partial charge in [0.1, 0.15) is 5.69 Å². The number of anilines is 2. The van der Waals surface area contributed by atoms with E-state index in [1.807, 2.05) is 66.7 Å². The number of hydrogen-bond donors (Lipinski definition) is 2. The van der Waals surface area contributed by atoms with Crippen molar-refractivity contribution in [3.63, 3.8) is 0 Å². The van der Waals surface area contributed by atoms with Crippen LogP contribution in [0.3, 0.4) is 0 Å². The standard InChI is InChI=1S/C46H50ClN5O7S2/c1-58-46(32-36-7-5-6-10-42(36)34-11-15-37(47)16-12-34)22-25-51(26-23-46)39-17-13-35(14-18-39)45(53)49-61(56,57)41-19-20-43(44(31-41)52(54)55)48-38(21-24-50-27-29-59-30-28-50)33-60-40-8-3-2-4-9-40/h2-20,31,38,48H,21-30,32-33H2,1H3,(H,49,53)/t38-/m1/s1. The lowest BCUT2D eigenvalue weighted by molar-refractivity contribution is -0.384. The van der Waals surface area contributed by atoms with Gasteiger partial charge in [-0.2, -0.15) is 0 Å². The van der Waals surface area contributed by atoms with E-state index in [1.54, 1.807) is 43.1 Å². The highest BCUT2D eigenvalue weighted by Gasteiger charge is 2.36. The second-order valence-corrected chi connectivity index (χ2v) is 18.6. The Bertz CT molecular complexity index is 2370. The first-order valence-electron chi connectivity index (χ1n) is 20.3. The van der Waals surface area contributed by atoms with Gasteiger partial charge in [0, 0.05) is 85.3 Å². The Hall–Kier alpha value is -4.96. The summed E-state index contributed by atoms with van der Waals surface area (Å²) in [5, 5.41) is 16.3. The molecule has 2 saturated heterocycles. The maximum atomic E-state index is 13.5. The number of carbonyl (C=O) groups is 1. The van der Waals surface area contributed by atoms with Crippen LogP contribution in [0.15, 0.2) is 131 Å². The van der Waals surface area contributed by atoms with Crippen LogP contribution in [0.25, 0.3) is 11.1 Å². The monoisotopic (exact) mass is 883 g/mol. The van der Waals surface area contributed by atoms with Gasteiger partial charge in [0.05, 0.1) is 28.6 Å². The predicted octanol–water partition coefficient (Wildman–Crippen LogP) is 8.56. The zero-order chi connectivity index (χ0) is 42.8. The molecule has 0 saturated carbocycles. The third-order valence-corrected chi connectivity index (χ3v) is 14.2. The molecule has 2 aliphatic rings. The lowest BCUT2D eigenvalue weighted by Crippen LogP contribution is -2.47. The summed E-state index contributed by atoms with van der Waals surface area (Å²) in [6.45, 7) is 5.19. The summed E-state index contributed by atoms with van der Waals surface area (Å²) in [6, 6.07) is 36.4. The number of nitro groups is 1. The predicted molar refractivity (Wildman–Crippen MR) is 242 cm³/mol. The molecule has 0 aliphatic carbocycles. The van der Waals surface area contributed by atoms with Crippen LogP contribution >= 0.6 is 23.4 Å². The summed E-state index contributed by atoms with van der Waals surface area (Å²) < 4.78 is 40.8. The van der Waals surface area contributed by atoms with Gasteiger partial charge in [0.2, 0.25) is 0 Å². The number of ether oxygens (including phenoxy) is 2. The van der Waals surface area contributed by atoms with Crippen molar-refractivity contribution in [3.05, 3.63) is 148 Å². The van der Waals surface area contributed by atoms with Gasteiger partial charge in [0.25, 0.3) is 21.6 Å². The Balaban J connectivity index is 0.978. The van der Waals surface area contributed by atoms with Crippen LogP contribution in [-0.2, 0) is 25.9 Å². The Labute approximate surface area is 366 Å². The molecule has 0 unspecified atom stereocenters. The van der Waals surface area contributed by atoms with Crippen molar-refractivity contribution in [3.8, 4) is 11.1 Å². The van der Waals surface area contributed by atoms with Crippen LogP contribution in [0.5, 0.6) is 0 Å². The summed E-state index contributed by atoms with van der Waals surface area (Å²) in [5.74, 6) is -0.207. The second-order valence-electron chi connectivity index (χ2n) is 15.3. The number of piperidine rings is 1. The van der Waals surface area contributed by atoms with Crippen molar-refractivity contribution in [2.75, 3.05) is 69.0 Å². The molecule has 0 radical (unpaired) electrons. The fourth-order valence-electron chi connectivity index (χ4n) is 7.87. The quantitative estimate of drug-likeness (QED) is 0.0527. The van der Waals surface area contributed by atoms with Crippen LogP contribution in [-0.4, -0.2) is 94.6 Å². The van der Waals surface area contributed by atoms with Gasteiger partial charge in [-0.1, -0.05) is 66.2 Å². The molecule has 15 heteroatoms. The summed E-state index contributed by atoms with van der Waals surface area (Å²) >= 11 is 7.80. The van der Waals surface area contributed by atoms with Crippen molar-refractivity contribution >= 4 is 56.4 Å². The normalized spacial score (nSPS) is 16.1. The molecule has 12 nitrogen and oxygen atoms in total. The third-order valence-electron chi connectivity index (χ3n) is 11.4. The summed E-state index contributed by atoms with van der Waals surface area (Å²) in [5.41, 5.74) is 3.93. The lowest BCUT2D eigenvalue weighted by Gasteiger charge is -2.42. The molecule has 0 spiro atoms. The number of nitrogens with zero attached hydrogens (tertiary/aromatic N) is 3. The van der Waals surface area contributed by atoms with Gasteiger partial charge in [-0.25, -0.2) is 13.1 Å². The number of amides is 1. The van der Waals surface area contributed by atoms with Crippen LogP contribution in [0.4, 0.5) is 17.1 Å². The molecule has 1 amide bonds. The summed E-state index contributed by atoms with van der Waals surface area (Å²) in [7, 11) is -2.69. The number of rotatable bonds is 17. The molecule has 7 rings (SSSR count). The maximum Gasteiger partial charge on any atom is 0.293 e. The number of nitrogens with one attached hydrogen (secondary N) is 2. The topological polar surface area (TPSA) is 143 Å². The van der Waals surface area contributed by atoms with Crippen molar-refractivity contribution in [1.82, 2.24) is 9.62 Å².